The zero-order valence-electron chi connectivity index (χ0n) is 12.6. The third-order valence-corrected chi connectivity index (χ3v) is 3.67. The Bertz CT molecular complexity index is 977. The second-order valence-corrected chi connectivity index (χ2v) is 5.16. The molecule has 2 aromatic rings. The van der Waals surface area contributed by atoms with Crippen molar-refractivity contribution in [3.8, 4) is 0 Å². The molecule has 3 rings (SSSR count). The highest BCUT2D eigenvalue weighted by atomic mass is 16.6. The summed E-state index contributed by atoms with van der Waals surface area (Å²) >= 11 is 0. The number of aliphatic hydroxyl groups excluding tert-OH is 1. The van der Waals surface area contributed by atoms with Gasteiger partial charge in [0.1, 0.15) is 17.0 Å². The van der Waals surface area contributed by atoms with Crippen molar-refractivity contribution in [2.75, 3.05) is 5.32 Å². The molecule has 2 N–H and O–H groups in total. The molecule has 0 aliphatic heterocycles. The number of hydrogen-bond acceptors (Lipinski definition) is 6. The third-order valence-electron chi connectivity index (χ3n) is 3.67. The maximum atomic E-state index is 12.4. The van der Waals surface area contributed by atoms with E-state index in [0.717, 1.165) is 0 Å². The second-order valence-electron chi connectivity index (χ2n) is 5.16. The third kappa shape index (κ3) is 2.65. The fourth-order valence-electron chi connectivity index (χ4n) is 2.50. The van der Waals surface area contributed by atoms with Crippen molar-refractivity contribution in [3.05, 3.63) is 75.3 Å². The first-order valence-electron chi connectivity index (χ1n) is 7.08. The minimum atomic E-state index is -1.17. The number of para-hydroxylation sites is 2. The van der Waals surface area contributed by atoms with Gasteiger partial charge in [-0.2, -0.15) is 0 Å². The van der Waals surface area contributed by atoms with E-state index in [1.54, 1.807) is 0 Å². The van der Waals surface area contributed by atoms with Gasteiger partial charge < -0.3 is 10.4 Å². The number of nitrogens with one attached hydrogen (secondary N) is 1. The molecule has 0 saturated carbocycles. The highest BCUT2D eigenvalue weighted by Gasteiger charge is 2.37. The Labute approximate surface area is 140 Å². The highest BCUT2D eigenvalue weighted by Crippen LogP contribution is 2.29. The van der Waals surface area contributed by atoms with Gasteiger partial charge in [-0.15, -0.1) is 0 Å². The molecule has 2 aromatic carbocycles. The van der Waals surface area contributed by atoms with Gasteiger partial charge in [-0.3, -0.25) is 24.5 Å². The van der Waals surface area contributed by atoms with E-state index in [9.17, 15) is 29.6 Å². The molecule has 0 fully saturated rings. The van der Waals surface area contributed by atoms with Crippen LogP contribution in [0.5, 0.6) is 0 Å². The number of nitrogens with zero attached hydrogens (tertiary/aromatic N) is 1. The summed E-state index contributed by atoms with van der Waals surface area (Å²) in [6, 6.07) is 11.1. The molecule has 8 heteroatoms. The molecule has 124 valence electrons. The molecule has 1 aliphatic carbocycles. The van der Waals surface area contributed by atoms with Crippen LogP contribution in [-0.4, -0.2) is 27.5 Å². The van der Waals surface area contributed by atoms with E-state index < -0.39 is 33.7 Å². The maximum absolute atomic E-state index is 12.4. The van der Waals surface area contributed by atoms with Gasteiger partial charge in [-0.05, 0) is 6.07 Å². The summed E-state index contributed by atoms with van der Waals surface area (Å²) in [6.45, 7) is 0. The van der Waals surface area contributed by atoms with Crippen LogP contribution in [0.1, 0.15) is 15.9 Å². The number of nitro groups is 1. The van der Waals surface area contributed by atoms with Gasteiger partial charge in [0, 0.05) is 17.2 Å². The molecule has 0 aromatic heterocycles. The SMILES string of the molecule is O=C(Nc1ccccc1[N+](=O)[O-])C1=C(O)c2ccccc2C(=O)C1=O. The van der Waals surface area contributed by atoms with Gasteiger partial charge in [-0.25, -0.2) is 0 Å². The van der Waals surface area contributed by atoms with Crippen LogP contribution in [0.15, 0.2) is 54.1 Å². The average Bonchev–Trinajstić information content (AvgIpc) is 2.60. The summed E-state index contributed by atoms with van der Waals surface area (Å²) in [6.07, 6.45) is 0. The van der Waals surface area contributed by atoms with Crippen molar-refractivity contribution in [1.82, 2.24) is 0 Å². The van der Waals surface area contributed by atoms with E-state index >= 15 is 0 Å². The number of anilines is 1. The summed E-state index contributed by atoms with van der Waals surface area (Å²) < 4.78 is 0. The summed E-state index contributed by atoms with van der Waals surface area (Å²) in [7, 11) is 0. The van der Waals surface area contributed by atoms with Crippen LogP contribution >= 0.6 is 0 Å². The number of rotatable bonds is 3. The van der Waals surface area contributed by atoms with E-state index in [4.69, 9.17) is 0 Å². The first-order chi connectivity index (χ1) is 11.9. The zero-order valence-corrected chi connectivity index (χ0v) is 12.6. The minimum absolute atomic E-state index is 0.00718. The molecule has 1 aliphatic rings. The van der Waals surface area contributed by atoms with Crippen molar-refractivity contribution >= 4 is 34.6 Å². The zero-order chi connectivity index (χ0) is 18.1. The number of nitro benzene ring substituents is 1. The van der Waals surface area contributed by atoms with E-state index in [0.29, 0.717) is 0 Å². The first-order valence-corrected chi connectivity index (χ1v) is 7.08. The number of fused-ring (bicyclic) bond motifs is 1. The number of aliphatic hydroxyl groups is 1. The van der Waals surface area contributed by atoms with Crippen LogP contribution in [0.3, 0.4) is 0 Å². The molecule has 0 bridgehead atoms. The van der Waals surface area contributed by atoms with E-state index in [-0.39, 0.29) is 22.5 Å². The molecule has 1 amide bonds. The minimum Gasteiger partial charge on any atom is -0.506 e. The predicted octanol–water partition coefficient (Wildman–Crippen LogP) is 2.27. The number of hydrogen-bond donors (Lipinski definition) is 2. The summed E-state index contributed by atoms with van der Waals surface area (Å²) in [5, 5.41) is 23.4. The normalized spacial score (nSPS) is 13.4. The number of benzene rings is 2. The molecule has 0 saturated heterocycles. The van der Waals surface area contributed by atoms with Crippen LogP contribution in [0.2, 0.25) is 0 Å². The summed E-state index contributed by atoms with van der Waals surface area (Å²) in [5.74, 6) is -3.84. The molecular weight excluding hydrogens is 328 g/mol. The number of Topliss-reactive ketones (excluding diaryl/α,β-unsaturated/α-hetero) is 2. The van der Waals surface area contributed by atoms with Crippen LogP contribution in [0.25, 0.3) is 5.76 Å². The number of carbonyl (C=O) groups is 3. The Morgan fingerprint density at radius 1 is 0.960 bits per heavy atom. The van der Waals surface area contributed by atoms with Gasteiger partial charge in [0.05, 0.1) is 4.92 Å². The maximum Gasteiger partial charge on any atom is 0.292 e. The topological polar surface area (TPSA) is 127 Å². The van der Waals surface area contributed by atoms with Crippen molar-refractivity contribution in [1.29, 1.82) is 0 Å². The van der Waals surface area contributed by atoms with Crippen LogP contribution in [0.4, 0.5) is 11.4 Å². The Kier molecular flexibility index (Phi) is 3.86. The number of carbonyl (C=O) groups excluding carboxylic acids is 3. The van der Waals surface area contributed by atoms with Gasteiger partial charge in [0.15, 0.2) is 0 Å². The monoisotopic (exact) mass is 338 g/mol. The van der Waals surface area contributed by atoms with E-state index in [1.165, 1.54) is 48.5 Å². The number of ketones is 2. The molecule has 0 radical (unpaired) electrons. The van der Waals surface area contributed by atoms with Gasteiger partial charge in [0.25, 0.3) is 11.6 Å². The van der Waals surface area contributed by atoms with Gasteiger partial charge in [0.2, 0.25) is 11.6 Å². The molecular formula is C17H10N2O6. The molecule has 0 atom stereocenters. The lowest BCUT2D eigenvalue weighted by atomic mass is 9.88. The lowest BCUT2D eigenvalue weighted by Crippen LogP contribution is -2.31. The highest BCUT2D eigenvalue weighted by molar-refractivity contribution is 6.58. The molecule has 0 heterocycles. The summed E-state index contributed by atoms with van der Waals surface area (Å²) in [4.78, 5) is 47.0. The van der Waals surface area contributed by atoms with Crippen LogP contribution in [-0.2, 0) is 9.59 Å². The Hall–Kier alpha value is -3.81. The van der Waals surface area contributed by atoms with Crippen LogP contribution < -0.4 is 5.32 Å². The fraction of sp³-hybridized carbons (Fsp3) is 0. The molecule has 25 heavy (non-hydrogen) atoms. The molecule has 8 nitrogen and oxygen atoms in total. The Morgan fingerprint density at radius 2 is 1.56 bits per heavy atom. The van der Waals surface area contributed by atoms with Gasteiger partial charge >= 0.3 is 0 Å². The van der Waals surface area contributed by atoms with E-state index in [1.807, 2.05) is 0 Å². The number of amides is 1. The second kappa shape index (κ2) is 6.00. The standard InChI is InChI=1S/C17H10N2O6/c20-14-9-5-1-2-6-10(9)15(21)16(22)13(14)17(23)18-11-7-3-4-8-12(11)19(24)25/h1-8,20H,(H,18,23). The lowest BCUT2D eigenvalue weighted by Gasteiger charge is -2.17. The molecule has 0 unspecified atom stereocenters. The van der Waals surface area contributed by atoms with E-state index in [2.05, 4.69) is 5.32 Å². The summed E-state index contributed by atoms with van der Waals surface area (Å²) in [5.41, 5.74) is -1.24. The average molecular weight is 338 g/mol. The smallest absolute Gasteiger partial charge is 0.292 e. The Morgan fingerprint density at radius 3 is 2.24 bits per heavy atom. The van der Waals surface area contributed by atoms with Crippen LogP contribution in [0, 0.1) is 10.1 Å². The van der Waals surface area contributed by atoms with Crippen molar-refractivity contribution < 1.29 is 24.4 Å². The fourth-order valence-corrected chi connectivity index (χ4v) is 2.50. The molecule has 0 spiro atoms. The lowest BCUT2D eigenvalue weighted by molar-refractivity contribution is -0.383. The van der Waals surface area contributed by atoms with Crippen molar-refractivity contribution in [2.24, 2.45) is 0 Å². The van der Waals surface area contributed by atoms with Crippen molar-refractivity contribution in [3.63, 3.8) is 0 Å². The Balaban J connectivity index is 2.05. The van der Waals surface area contributed by atoms with Crippen molar-refractivity contribution in [2.45, 2.75) is 0 Å². The largest absolute Gasteiger partial charge is 0.506 e. The quantitative estimate of drug-likeness (QED) is 0.382. The van der Waals surface area contributed by atoms with Gasteiger partial charge in [-0.1, -0.05) is 36.4 Å². The predicted molar refractivity (Wildman–Crippen MR) is 87.1 cm³/mol. The first kappa shape index (κ1) is 16.1.